The Balaban J connectivity index is 1.07. The molecule has 1 atom stereocenters. The molecule has 1 N–H and O–H groups in total. The van der Waals surface area contributed by atoms with Gasteiger partial charge in [-0.2, -0.15) is 0 Å². The number of amides is 3. The quantitative estimate of drug-likeness (QED) is 0.681. The van der Waals surface area contributed by atoms with E-state index in [1.165, 1.54) is 31.0 Å². The number of carbonyl (C=O) groups excluding carboxylic acids is 3. The van der Waals surface area contributed by atoms with Gasteiger partial charge < -0.3 is 19.6 Å². The van der Waals surface area contributed by atoms with Crippen molar-refractivity contribution in [1.29, 1.82) is 0 Å². The van der Waals surface area contributed by atoms with Gasteiger partial charge in [0.05, 0.1) is 16.4 Å². The van der Waals surface area contributed by atoms with Gasteiger partial charge in [0.2, 0.25) is 17.7 Å². The first-order valence-corrected chi connectivity index (χ1v) is 13.3. The van der Waals surface area contributed by atoms with Crippen molar-refractivity contribution in [3.8, 4) is 0 Å². The van der Waals surface area contributed by atoms with Crippen LogP contribution in [0.25, 0.3) is 0 Å². The number of hydrogen-bond donors (Lipinski definition) is 1. The summed E-state index contributed by atoms with van der Waals surface area (Å²) >= 11 is 1.32. The molecule has 1 aromatic rings. The second-order valence-corrected chi connectivity index (χ2v) is 12.0. The standard InChI is InChI=1S/C24H34N4O4S/c1-15-7-20(26-32-15)25-22(30)16(2)33-14-21(29)27-3-5-28(6-4-27)23(31)24-11-17-8-18(12-24)10-19(9-17)13-24/h7,16-19H,3-6,8-14H2,1-2H3,(H,25,26,30). The highest BCUT2D eigenvalue weighted by molar-refractivity contribution is 8.01. The van der Waals surface area contributed by atoms with E-state index in [4.69, 9.17) is 4.52 Å². The molecular formula is C24H34N4O4S. The van der Waals surface area contributed by atoms with Crippen LogP contribution in [0.3, 0.4) is 0 Å². The Hall–Kier alpha value is -2.03. The van der Waals surface area contributed by atoms with Crippen molar-refractivity contribution in [2.75, 3.05) is 37.2 Å². The minimum atomic E-state index is -0.384. The lowest BCUT2D eigenvalue weighted by atomic mass is 9.49. The molecule has 9 heteroatoms. The zero-order chi connectivity index (χ0) is 23.2. The number of nitrogens with zero attached hydrogens (tertiary/aromatic N) is 3. The number of anilines is 1. The number of thioether (sulfide) groups is 1. The minimum absolute atomic E-state index is 0.0267. The molecule has 5 aliphatic rings. The molecule has 1 aromatic heterocycles. The topological polar surface area (TPSA) is 95.8 Å². The predicted molar refractivity (Wildman–Crippen MR) is 126 cm³/mol. The first-order chi connectivity index (χ1) is 15.8. The summed E-state index contributed by atoms with van der Waals surface area (Å²) in [6, 6.07) is 1.66. The molecule has 1 saturated heterocycles. The molecule has 4 aliphatic carbocycles. The van der Waals surface area contributed by atoms with Gasteiger partial charge in [0.1, 0.15) is 5.76 Å². The van der Waals surface area contributed by atoms with Gasteiger partial charge in [0.25, 0.3) is 0 Å². The van der Waals surface area contributed by atoms with E-state index < -0.39 is 0 Å². The van der Waals surface area contributed by atoms with E-state index in [9.17, 15) is 14.4 Å². The number of rotatable bonds is 6. The van der Waals surface area contributed by atoms with Gasteiger partial charge in [-0.15, -0.1) is 11.8 Å². The average molecular weight is 475 g/mol. The van der Waals surface area contributed by atoms with E-state index in [0.29, 0.717) is 43.7 Å². The smallest absolute Gasteiger partial charge is 0.238 e. The molecule has 0 aromatic carbocycles. The van der Waals surface area contributed by atoms with Crippen LogP contribution >= 0.6 is 11.8 Å². The van der Waals surface area contributed by atoms with Crippen molar-refractivity contribution in [2.45, 2.75) is 57.6 Å². The average Bonchev–Trinajstić information content (AvgIpc) is 3.20. The Labute approximate surface area is 199 Å². The highest BCUT2D eigenvalue weighted by Gasteiger charge is 2.55. The SMILES string of the molecule is Cc1cc(NC(=O)C(C)SCC(=O)N2CCN(C(=O)C34CC5CC(CC(C5)C3)C4)CC2)no1. The zero-order valence-electron chi connectivity index (χ0n) is 19.5. The largest absolute Gasteiger partial charge is 0.360 e. The number of hydrogen-bond acceptors (Lipinski definition) is 6. The van der Waals surface area contributed by atoms with Crippen molar-refractivity contribution in [3.63, 3.8) is 0 Å². The van der Waals surface area contributed by atoms with Crippen LogP contribution in [0.15, 0.2) is 10.6 Å². The van der Waals surface area contributed by atoms with Crippen molar-refractivity contribution in [3.05, 3.63) is 11.8 Å². The number of piperazine rings is 1. The second-order valence-electron chi connectivity index (χ2n) is 10.6. The summed E-state index contributed by atoms with van der Waals surface area (Å²) in [6.07, 6.45) is 7.26. The summed E-state index contributed by atoms with van der Waals surface area (Å²) in [5.41, 5.74) is -0.109. The van der Waals surface area contributed by atoms with Gasteiger partial charge >= 0.3 is 0 Å². The van der Waals surface area contributed by atoms with Crippen LogP contribution in [-0.4, -0.2) is 69.9 Å². The van der Waals surface area contributed by atoms with Crippen molar-refractivity contribution in [1.82, 2.24) is 15.0 Å². The maximum absolute atomic E-state index is 13.5. The summed E-state index contributed by atoms with van der Waals surface area (Å²) in [7, 11) is 0. The third-order valence-corrected chi connectivity index (χ3v) is 9.24. The van der Waals surface area contributed by atoms with Crippen LogP contribution in [0.4, 0.5) is 5.82 Å². The van der Waals surface area contributed by atoms with E-state index in [1.807, 2.05) is 9.80 Å². The van der Waals surface area contributed by atoms with Crippen LogP contribution in [0.2, 0.25) is 0 Å². The van der Waals surface area contributed by atoms with Crippen LogP contribution in [-0.2, 0) is 14.4 Å². The first-order valence-electron chi connectivity index (χ1n) is 12.2. The Kier molecular flexibility index (Phi) is 6.18. The van der Waals surface area contributed by atoms with Crippen molar-refractivity contribution >= 4 is 35.3 Å². The normalized spacial score (nSPS) is 31.5. The minimum Gasteiger partial charge on any atom is -0.360 e. The fourth-order valence-electron chi connectivity index (χ4n) is 6.88. The van der Waals surface area contributed by atoms with E-state index in [0.717, 1.165) is 37.0 Å². The van der Waals surface area contributed by atoms with E-state index in [1.54, 1.807) is 19.9 Å². The molecule has 1 aliphatic heterocycles. The Morgan fingerprint density at radius 1 is 1.09 bits per heavy atom. The van der Waals surface area contributed by atoms with E-state index in [2.05, 4.69) is 10.5 Å². The maximum Gasteiger partial charge on any atom is 0.238 e. The highest BCUT2D eigenvalue weighted by atomic mass is 32.2. The summed E-state index contributed by atoms with van der Waals surface area (Å²) in [4.78, 5) is 42.4. The second kappa shape index (κ2) is 8.96. The molecule has 33 heavy (non-hydrogen) atoms. The molecular weight excluding hydrogens is 440 g/mol. The summed E-state index contributed by atoms with van der Waals surface area (Å²) in [5.74, 6) is 3.71. The molecule has 6 rings (SSSR count). The highest BCUT2D eigenvalue weighted by Crippen LogP contribution is 2.60. The first kappa shape index (κ1) is 22.7. The number of nitrogens with one attached hydrogen (secondary N) is 1. The predicted octanol–water partition coefficient (Wildman–Crippen LogP) is 2.93. The molecule has 4 bridgehead atoms. The summed E-state index contributed by atoms with van der Waals surface area (Å²) in [5, 5.41) is 6.08. The fraction of sp³-hybridized carbons (Fsp3) is 0.750. The van der Waals surface area contributed by atoms with Crippen molar-refractivity contribution < 1.29 is 18.9 Å². The molecule has 3 amide bonds. The number of carbonyl (C=O) groups is 3. The monoisotopic (exact) mass is 474 g/mol. The van der Waals surface area contributed by atoms with Crippen LogP contribution in [0.1, 0.15) is 51.2 Å². The van der Waals surface area contributed by atoms with Crippen molar-refractivity contribution in [2.24, 2.45) is 23.2 Å². The van der Waals surface area contributed by atoms with Crippen LogP contribution in [0, 0.1) is 30.1 Å². The molecule has 2 heterocycles. The molecule has 0 radical (unpaired) electrons. The molecule has 180 valence electrons. The molecule has 1 unspecified atom stereocenters. The zero-order valence-corrected chi connectivity index (χ0v) is 20.4. The lowest BCUT2D eigenvalue weighted by Crippen LogP contribution is -2.58. The lowest BCUT2D eigenvalue weighted by molar-refractivity contribution is -0.160. The number of aryl methyl sites for hydroxylation is 1. The van der Waals surface area contributed by atoms with Gasteiger partial charge in [-0.1, -0.05) is 5.16 Å². The third kappa shape index (κ3) is 4.66. The third-order valence-electron chi connectivity index (χ3n) is 8.12. The van der Waals surface area contributed by atoms with Crippen LogP contribution in [0.5, 0.6) is 0 Å². The molecule has 4 saturated carbocycles. The summed E-state index contributed by atoms with van der Waals surface area (Å²) < 4.78 is 4.96. The number of aromatic nitrogens is 1. The van der Waals surface area contributed by atoms with Gasteiger partial charge in [0.15, 0.2) is 5.82 Å². The van der Waals surface area contributed by atoms with Gasteiger partial charge in [-0.05, 0) is 70.1 Å². The maximum atomic E-state index is 13.5. The van der Waals surface area contributed by atoms with Crippen LogP contribution < -0.4 is 5.32 Å². The van der Waals surface area contributed by atoms with E-state index >= 15 is 0 Å². The Bertz CT molecular complexity index is 888. The van der Waals surface area contributed by atoms with E-state index in [-0.39, 0.29) is 28.2 Å². The molecule has 5 fully saturated rings. The Morgan fingerprint density at radius 3 is 2.21 bits per heavy atom. The summed E-state index contributed by atoms with van der Waals surface area (Å²) in [6.45, 7) is 5.95. The molecule has 0 spiro atoms. The van der Waals surface area contributed by atoms with Gasteiger partial charge in [0, 0.05) is 32.2 Å². The van der Waals surface area contributed by atoms with Gasteiger partial charge in [-0.3, -0.25) is 14.4 Å². The molecule has 8 nitrogen and oxygen atoms in total. The lowest BCUT2D eigenvalue weighted by Gasteiger charge is -2.57. The fourth-order valence-corrected chi connectivity index (χ4v) is 7.67. The Morgan fingerprint density at radius 2 is 1.67 bits per heavy atom. The van der Waals surface area contributed by atoms with Gasteiger partial charge in [-0.25, -0.2) is 0 Å².